The SMILES string of the molecule is C[C@H]1[C@H](C)CC[C@]2(C(=O)O)CC[C@]3(COC(=O)/C=C/c4ccc(O)cc4)C(=CCC4[C@@]5(C)CC[C@H](O)C(C)(C)C5CC[C@]43C)[C@H]12. The van der Waals surface area contributed by atoms with Crippen molar-refractivity contribution in [2.24, 2.45) is 56.7 Å². The van der Waals surface area contributed by atoms with Gasteiger partial charge in [-0.15, -0.1) is 0 Å². The van der Waals surface area contributed by atoms with Crippen molar-refractivity contribution in [2.75, 3.05) is 6.61 Å². The molecule has 6 heteroatoms. The number of esters is 1. The summed E-state index contributed by atoms with van der Waals surface area (Å²) in [5.41, 5.74) is 0.520. The molecule has 0 amide bonds. The van der Waals surface area contributed by atoms with Gasteiger partial charge in [0.25, 0.3) is 0 Å². The molecule has 4 saturated carbocycles. The quantitative estimate of drug-likeness (QED) is 0.175. The summed E-state index contributed by atoms with van der Waals surface area (Å²) in [5.74, 6) is 0.422. The Hall–Kier alpha value is -2.60. The number of phenolic OH excluding ortho intramolecular Hbond substituents is 1. The number of hydrogen-bond acceptors (Lipinski definition) is 5. The fourth-order valence-electron chi connectivity index (χ4n) is 12.0. The van der Waals surface area contributed by atoms with E-state index in [0.717, 1.165) is 44.1 Å². The molecule has 0 aromatic heterocycles. The summed E-state index contributed by atoms with van der Waals surface area (Å²) >= 11 is 0. The Balaban J connectivity index is 1.42. The van der Waals surface area contributed by atoms with Crippen molar-refractivity contribution in [2.45, 2.75) is 105 Å². The lowest BCUT2D eigenvalue weighted by Crippen LogP contribution is -2.67. The van der Waals surface area contributed by atoms with Crippen molar-refractivity contribution >= 4 is 18.0 Å². The van der Waals surface area contributed by atoms with Gasteiger partial charge in [0.15, 0.2) is 0 Å². The number of aliphatic hydroxyl groups excluding tert-OH is 1. The largest absolute Gasteiger partial charge is 0.508 e. The molecule has 6 rings (SSSR count). The monoisotopic (exact) mass is 618 g/mol. The number of phenols is 1. The van der Waals surface area contributed by atoms with E-state index in [0.29, 0.717) is 37.0 Å². The minimum absolute atomic E-state index is 0.0281. The number of carboxylic acids is 1. The average Bonchev–Trinajstić information content (AvgIpc) is 2.99. The van der Waals surface area contributed by atoms with Crippen LogP contribution in [0.4, 0.5) is 0 Å². The Kier molecular flexibility index (Phi) is 7.90. The topological polar surface area (TPSA) is 104 Å². The smallest absolute Gasteiger partial charge is 0.330 e. The predicted octanol–water partition coefficient (Wildman–Crippen LogP) is 8.03. The number of benzene rings is 1. The van der Waals surface area contributed by atoms with Gasteiger partial charge in [-0.1, -0.05) is 65.3 Å². The van der Waals surface area contributed by atoms with E-state index >= 15 is 0 Å². The van der Waals surface area contributed by atoms with Gasteiger partial charge >= 0.3 is 11.9 Å². The molecular weight excluding hydrogens is 564 g/mol. The maximum Gasteiger partial charge on any atom is 0.330 e. The third-order valence-corrected chi connectivity index (χ3v) is 14.8. The molecule has 5 aliphatic rings. The number of carboxylic acid groups (broad SMARTS) is 1. The van der Waals surface area contributed by atoms with Crippen molar-refractivity contribution < 1.29 is 29.6 Å². The van der Waals surface area contributed by atoms with E-state index in [2.05, 4.69) is 47.6 Å². The first-order valence-corrected chi connectivity index (χ1v) is 17.4. The Morgan fingerprint density at radius 1 is 0.933 bits per heavy atom. The van der Waals surface area contributed by atoms with E-state index in [1.165, 1.54) is 11.6 Å². The number of allylic oxidation sites excluding steroid dienone is 1. The standard InChI is InChI=1S/C39H54O6/c1-24-15-20-38(34(43)44)21-22-39(23-45-32(42)14-9-26-7-10-27(40)11-8-26)28(33(38)25(24)2)12-13-30-36(5)18-17-31(41)35(3,4)29(36)16-19-37(30,39)6/h7-12,14,24-25,29-31,33,40-41H,13,15-23H2,1-6H3,(H,43,44)/b14-9+/t24-,25+,29?,30?,31+,33+,36+,37-,38+,39+/m1/s1. The summed E-state index contributed by atoms with van der Waals surface area (Å²) in [5, 5.41) is 31.6. The van der Waals surface area contributed by atoms with Gasteiger partial charge in [-0.2, -0.15) is 0 Å². The van der Waals surface area contributed by atoms with Gasteiger partial charge in [0.1, 0.15) is 12.4 Å². The van der Waals surface area contributed by atoms with Gasteiger partial charge in [-0.3, -0.25) is 4.79 Å². The normalized spacial score (nSPS) is 43.7. The highest BCUT2D eigenvalue weighted by atomic mass is 16.5. The van der Waals surface area contributed by atoms with Crippen molar-refractivity contribution in [3.63, 3.8) is 0 Å². The molecule has 10 atom stereocenters. The zero-order valence-corrected chi connectivity index (χ0v) is 28.1. The first kappa shape index (κ1) is 32.3. The second-order valence-corrected chi connectivity index (χ2v) is 16.8. The number of fused-ring (bicyclic) bond motifs is 7. The summed E-state index contributed by atoms with van der Waals surface area (Å²) in [6.45, 7) is 14.2. The predicted molar refractivity (Wildman–Crippen MR) is 175 cm³/mol. The van der Waals surface area contributed by atoms with Crippen LogP contribution in [0.5, 0.6) is 5.75 Å². The first-order chi connectivity index (χ1) is 21.1. The molecule has 0 radical (unpaired) electrons. The number of aliphatic hydroxyl groups is 1. The summed E-state index contributed by atoms with van der Waals surface area (Å²) < 4.78 is 6.26. The maximum absolute atomic E-state index is 13.3. The lowest BCUT2D eigenvalue weighted by atomic mass is 9.33. The van der Waals surface area contributed by atoms with Gasteiger partial charge < -0.3 is 20.1 Å². The van der Waals surface area contributed by atoms with E-state index in [1.807, 2.05) is 0 Å². The molecule has 0 aliphatic heterocycles. The maximum atomic E-state index is 13.3. The van der Waals surface area contributed by atoms with Gasteiger partial charge in [0.2, 0.25) is 0 Å². The number of aromatic hydroxyl groups is 1. The minimum Gasteiger partial charge on any atom is -0.508 e. The fourth-order valence-corrected chi connectivity index (χ4v) is 12.0. The fraction of sp³-hybridized carbons (Fsp3) is 0.692. The summed E-state index contributed by atoms with van der Waals surface area (Å²) in [6, 6.07) is 6.70. The molecule has 4 fully saturated rings. The van der Waals surface area contributed by atoms with Gasteiger partial charge in [-0.25, -0.2) is 4.79 Å². The van der Waals surface area contributed by atoms with Crippen LogP contribution in [0, 0.1) is 56.7 Å². The van der Waals surface area contributed by atoms with E-state index in [9.17, 15) is 24.9 Å². The van der Waals surface area contributed by atoms with Gasteiger partial charge in [0, 0.05) is 11.5 Å². The molecule has 1 aromatic carbocycles. The van der Waals surface area contributed by atoms with E-state index in [1.54, 1.807) is 30.3 Å². The number of hydrogen-bond donors (Lipinski definition) is 3. The summed E-state index contributed by atoms with van der Waals surface area (Å²) in [6.07, 6.45) is 12.9. The van der Waals surface area contributed by atoms with Crippen molar-refractivity contribution in [1.82, 2.24) is 0 Å². The number of rotatable bonds is 5. The van der Waals surface area contributed by atoms with Crippen molar-refractivity contribution in [3.05, 3.63) is 47.6 Å². The van der Waals surface area contributed by atoms with E-state index in [-0.39, 0.29) is 46.5 Å². The zero-order valence-electron chi connectivity index (χ0n) is 28.1. The Morgan fingerprint density at radius 3 is 2.33 bits per heavy atom. The average molecular weight is 619 g/mol. The van der Waals surface area contributed by atoms with Crippen LogP contribution in [0.1, 0.15) is 105 Å². The lowest BCUT2D eigenvalue weighted by Gasteiger charge is -2.71. The molecule has 0 bridgehead atoms. The van der Waals surface area contributed by atoms with Crippen LogP contribution in [0.15, 0.2) is 42.0 Å². The number of ether oxygens (including phenoxy) is 1. The molecule has 0 heterocycles. The second kappa shape index (κ2) is 11.0. The van der Waals surface area contributed by atoms with Gasteiger partial charge in [-0.05, 0) is 127 Å². The van der Waals surface area contributed by atoms with Crippen LogP contribution in [0.25, 0.3) is 6.08 Å². The van der Waals surface area contributed by atoms with Crippen LogP contribution >= 0.6 is 0 Å². The Bertz CT molecular complexity index is 1390. The molecule has 5 aliphatic carbocycles. The molecular formula is C39H54O6. The molecule has 1 aromatic rings. The number of aliphatic carboxylic acids is 1. The zero-order chi connectivity index (χ0) is 32.6. The number of carbonyl (C=O) groups is 2. The third-order valence-electron chi connectivity index (χ3n) is 14.8. The summed E-state index contributed by atoms with van der Waals surface area (Å²) in [7, 11) is 0. The lowest BCUT2D eigenvalue weighted by molar-refractivity contribution is -0.218. The van der Waals surface area contributed by atoms with Crippen molar-refractivity contribution in [3.8, 4) is 5.75 Å². The highest BCUT2D eigenvalue weighted by Crippen LogP contribution is 2.76. The minimum atomic E-state index is -0.773. The van der Waals surface area contributed by atoms with E-state index < -0.39 is 22.8 Å². The van der Waals surface area contributed by atoms with Crippen LogP contribution in [-0.2, 0) is 14.3 Å². The van der Waals surface area contributed by atoms with Crippen LogP contribution in [0.2, 0.25) is 0 Å². The van der Waals surface area contributed by atoms with Gasteiger partial charge in [0.05, 0.1) is 11.5 Å². The number of carbonyl (C=O) groups excluding carboxylic acids is 1. The van der Waals surface area contributed by atoms with E-state index in [4.69, 9.17) is 4.74 Å². The second-order valence-electron chi connectivity index (χ2n) is 16.8. The molecule has 0 saturated heterocycles. The molecule has 2 unspecified atom stereocenters. The van der Waals surface area contributed by atoms with Crippen LogP contribution in [0.3, 0.4) is 0 Å². The molecule has 45 heavy (non-hydrogen) atoms. The molecule has 3 N–H and O–H groups in total. The third kappa shape index (κ3) is 4.66. The molecule has 6 nitrogen and oxygen atoms in total. The van der Waals surface area contributed by atoms with Crippen molar-refractivity contribution in [1.29, 1.82) is 0 Å². The van der Waals surface area contributed by atoms with Crippen LogP contribution < -0.4 is 0 Å². The first-order valence-electron chi connectivity index (χ1n) is 17.4. The van der Waals surface area contributed by atoms with Crippen LogP contribution in [-0.4, -0.2) is 40.0 Å². The summed E-state index contributed by atoms with van der Waals surface area (Å²) in [4.78, 5) is 26.5. The Morgan fingerprint density at radius 2 is 1.64 bits per heavy atom. The molecule has 0 spiro atoms. The highest BCUT2D eigenvalue weighted by molar-refractivity contribution is 5.87. The Labute approximate surface area is 269 Å². The highest BCUT2D eigenvalue weighted by Gasteiger charge is 2.71. The molecule has 246 valence electrons.